The monoisotopic (exact) mass is 392 g/mol. The first-order chi connectivity index (χ1) is 12.0. The van der Waals surface area contributed by atoms with E-state index in [0.29, 0.717) is 19.8 Å². The Kier molecular flexibility index (Phi) is 5.42. The third-order valence-electron chi connectivity index (χ3n) is 3.68. The van der Waals surface area contributed by atoms with Gasteiger partial charge in [-0.15, -0.1) is 0 Å². The zero-order valence-corrected chi connectivity index (χ0v) is 15.6. The summed E-state index contributed by atoms with van der Waals surface area (Å²) in [5.41, 5.74) is 2.13. The van der Waals surface area contributed by atoms with Crippen molar-refractivity contribution in [3.05, 3.63) is 69.3 Å². The van der Waals surface area contributed by atoms with Crippen molar-refractivity contribution in [2.75, 3.05) is 12.0 Å². The van der Waals surface area contributed by atoms with Gasteiger partial charge in [0.1, 0.15) is 10.1 Å². The van der Waals surface area contributed by atoms with Crippen LogP contribution in [0, 0.1) is 12.7 Å². The van der Waals surface area contributed by atoms with E-state index in [2.05, 4.69) is 5.32 Å². The van der Waals surface area contributed by atoms with Crippen molar-refractivity contribution in [2.45, 2.75) is 6.92 Å². The Morgan fingerprint density at radius 1 is 1.32 bits per heavy atom. The fraction of sp³-hybridized carbons (Fsp3) is 0.111. The van der Waals surface area contributed by atoms with Crippen LogP contribution >= 0.6 is 35.6 Å². The highest BCUT2D eigenvalue weighted by Gasteiger charge is 2.31. The van der Waals surface area contributed by atoms with Crippen LogP contribution in [0.4, 0.5) is 10.1 Å². The molecule has 25 heavy (non-hydrogen) atoms. The molecule has 1 amide bonds. The highest BCUT2D eigenvalue weighted by Crippen LogP contribution is 2.33. The third-order valence-corrected chi connectivity index (χ3v) is 5.46. The summed E-state index contributed by atoms with van der Waals surface area (Å²) < 4.78 is 14.2. The molecule has 2 aromatic carbocycles. The van der Waals surface area contributed by atoms with Crippen LogP contribution in [-0.2, 0) is 4.79 Å². The molecule has 128 valence electrons. The number of anilines is 1. The maximum absolute atomic E-state index is 13.8. The molecule has 0 atom stereocenters. The Hall–Kier alpha value is -1.89. The SMILES string of the molecule is Cc1ccc(NCN2C(=O)C(=Cc3ccccc3F)SC2=S)cc1Cl. The van der Waals surface area contributed by atoms with Crippen LogP contribution in [0.1, 0.15) is 11.1 Å². The summed E-state index contributed by atoms with van der Waals surface area (Å²) in [7, 11) is 0. The summed E-state index contributed by atoms with van der Waals surface area (Å²) >= 11 is 12.5. The highest BCUT2D eigenvalue weighted by atomic mass is 35.5. The second kappa shape index (κ2) is 7.56. The topological polar surface area (TPSA) is 32.3 Å². The molecule has 1 aliphatic heterocycles. The molecule has 0 spiro atoms. The lowest BCUT2D eigenvalue weighted by atomic mass is 10.2. The van der Waals surface area contributed by atoms with Gasteiger partial charge in [-0.1, -0.05) is 59.8 Å². The zero-order chi connectivity index (χ0) is 18.0. The third kappa shape index (κ3) is 4.03. The molecule has 3 nitrogen and oxygen atoms in total. The van der Waals surface area contributed by atoms with Crippen LogP contribution in [0.3, 0.4) is 0 Å². The molecule has 0 radical (unpaired) electrons. The smallest absolute Gasteiger partial charge is 0.267 e. The minimum atomic E-state index is -0.375. The van der Waals surface area contributed by atoms with Crippen molar-refractivity contribution in [1.82, 2.24) is 4.90 Å². The van der Waals surface area contributed by atoms with E-state index in [1.54, 1.807) is 24.3 Å². The number of nitrogens with zero attached hydrogens (tertiary/aromatic N) is 1. The van der Waals surface area contributed by atoms with Gasteiger partial charge in [0.15, 0.2) is 0 Å². The lowest BCUT2D eigenvalue weighted by molar-refractivity contribution is -0.121. The second-order valence-electron chi connectivity index (χ2n) is 5.43. The van der Waals surface area contributed by atoms with Crippen LogP contribution in [0.2, 0.25) is 5.02 Å². The van der Waals surface area contributed by atoms with Crippen LogP contribution in [0.5, 0.6) is 0 Å². The molecule has 0 unspecified atom stereocenters. The first-order valence-corrected chi connectivity index (χ1v) is 9.06. The van der Waals surface area contributed by atoms with Gasteiger partial charge in [0.25, 0.3) is 5.91 Å². The number of rotatable bonds is 4. The maximum Gasteiger partial charge on any atom is 0.267 e. The fourth-order valence-corrected chi connectivity index (χ4v) is 3.67. The normalized spacial score (nSPS) is 16.0. The van der Waals surface area contributed by atoms with E-state index in [9.17, 15) is 9.18 Å². The number of amides is 1. The van der Waals surface area contributed by atoms with Crippen LogP contribution in [0.15, 0.2) is 47.4 Å². The molecule has 0 saturated carbocycles. The number of thiocarbonyl (C=S) groups is 1. The van der Waals surface area contributed by atoms with Crippen LogP contribution < -0.4 is 5.32 Å². The number of hydrogen-bond donors (Lipinski definition) is 1. The lowest BCUT2D eigenvalue weighted by Crippen LogP contribution is -2.33. The number of halogens is 2. The molecule has 1 aliphatic rings. The molecule has 1 saturated heterocycles. The highest BCUT2D eigenvalue weighted by molar-refractivity contribution is 8.26. The summed E-state index contributed by atoms with van der Waals surface area (Å²) in [6, 6.07) is 11.9. The molecule has 1 N–H and O–H groups in total. The van der Waals surface area contributed by atoms with E-state index in [-0.39, 0.29) is 18.4 Å². The van der Waals surface area contributed by atoms with Gasteiger partial charge < -0.3 is 5.32 Å². The van der Waals surface area contributed by atoms with Crippen molar-refractivity contribution >= 4 is 57.6 Å². The molecule has 0 bridgehead atoms. The molecule has 7 heteroatoms. The van der Waals surface area contributed by atoms with Gasteiger partial charge in [0.05, 0.1) is 11.6 Å². The van der Waals surface area contributed by atoms with Gasteiger partial charge in [0.2, 0.25) is 0 Å². The van der Waals surface area contributed by atoms with E-state index in [4.69, 9.17) is 23.8 Å². The van der Waals surface area contributed by atoms with Gasteiger partial charge in [-0.05, 0) is 36.8 Å². The Morgan fingerprint density at radius 3 is 2.80 bits per heavy atom. The number of hydrogen-bond acceptors (Lipinski definition) is 4. The van der Waals surface area contributed by atoms with Gasteiger partial charge in [0, 0.05) is 16.3 Å². The van der Waals surface area contributed by atoms with Gasteiger partial charge in [-0.2, -0.15) is 0 Å². The second-order valence-corrected chi connectivity index (χ2v) is 7.51. The predicted molar refractivity (Wildman–Crippen MR) is 106 cm³/mol. The zero-order valence-electron chi connectivity index (χ0n) is 13.3. The van der Waals surface area contributed by atoms with Gasteiger partial charge in [-0.3, -0.25) is 9.69 Å². The van der Waals surface area contributed by atoms with Crippen molar-refractivity contribution < 1.29 is 9.18 Å². The lowest BCUT2D eigenvalue weighted by Gasteiger charge is -2.16. The minimum Gasteiger partial charge on any atom is -0.367 e. The summed E-state index contributed by atoms with van der Waals surface area (Å²) in [5, 5.41) is 3.78. The average molecular weight is 393 g/mol. The quantitative estimate of drug-likeness (QED) is 0.582. The molecular formula is C18H14ClFN2OS2. The summed E-state index contributed by atoms with van der Waals surface area (Å²) in [5.74, 6) is -0.621. The Balaban J connectivity index is 1.73. The van der Waals surface area contributed by atoms with Crippen molar-refractivity contribution in [3.63, 3.8) is 0 Å². The summed E-state index contributed by atoms with van der Waals surface area (Å²) in [6.07, 6.45) is 1.53. The number of carbonyl (C=O) groups is 1. The van der Waals surface area contributed by atoms with Crippen molar-refractivity contribution in [3.8, 4) is 0 Å². The standard InChI is InChI=1S/C18H14ClFN2OS2/c1-11-6-7-13(9-14(11)19)21-10-22-17(23)16(25-18(22)24)8-12-4-2-3-5-15(12)20/h2-9,21H,10H2,1H3. The average Bonchev–Trinajstić information content (AvgIpc) is 2.85. The van der Waals surface area contributed by atoms with Crippen LogP contribution in [0.25, 0.3) is 6.08 Å². The summed E-state index contributed by atoms with van der Waals surface area (Å²) in [4.78, 5) is 14.4. The largest absolute Gasteiger partial charge is 0.367 e. The Bertz CT molecular complexity index is 885. The van der Waals surface area contributed by atoms with E-state index < -0.39 is 0 Å². The number of aryl methyl sites for hydroxylation is 1. The van der Waals surface area contributed by atoms with E-state index in [1.165, 1.54) is 17.0 Å². The molecule has 1 fully saturated rings. The fourth-order valence-electron chi connectivity index (χ4n) is 2.24. The maximum atomic E-state index is 13.8. The molecular weight excluding hydrogens is 379 g/mol. The summed E-state index contributed by atoms with van der Waals surface area (Å²) in [6.45, 7) is 2.14. The molecule has 3 rings (SSSR count). The number of thioether (sulfide) groups is 1. The first kappa shape index (κ1) is 17.9. The van der Waals surface area contributed by atoms with Crippen LogP contribution in [-0.4, -0.2) is 21.8 Å². The van der Waals surface area contributed by atoms with E-state index in [0.717, 1.165) is 23.0 Å². The number of benzene rings is 2. The first-order valence-electron chi connectivity index (χ1n) is 7.45. The van der Waals surface area contributed by atoms with Crippen molar-refractivity contribution in [2.24, 2.45) is 0 Å². The Morgan fingerprint density at radius 2 is 2.08 bits per heavy atom. The Labute approximate surface area is 159 Å². The number of carbonyl (C=O) groups excluding carboxylic acids is 1. The van der Waals surface area contributed by atoms with Crippen molar-refractivity contribution in [1.29, 1.82) is 0 Å². The molecule has 1 heterocycles. The predicted octanol–water partition coefficient (Wildman–Crippen LogP) is 5.06. The van der Waals surface area contributed by atoms with E-state index >= 15 is 0 Å². The van der Waals surface area contributed by atoms with Gasteiger partial charge >= 0.3 is 0 Å². The number of nitrogens with one attached hydrogen (secondary N) is 1. The molecule has 0 aliphatic carbocycles. The molecule has 0 aromatic heterocycles. The van der Waals surface area contributed by atoms with E-state index in [1.807, 2.05) is 19.1 Å². The molecule has 2 aromatic rings. The van der Waals surface area contributed by atoms with Gasteiger partial charge in [-0.25, -0.2) is 4.39 Å². The minimum absolute atomic E-state index is 0.221.